The van der Waals surface area contributed by atoms with Crippen LogP contribution >= 0.6 is 7.82 Å². The zero-order valence-corrected chi connectivity index (χ0v) is 48.5. The van der Waals surface area contributed by atoms with E-state index in [-0.39, 0.29) is 32.0 Å². The fraction of sp³-hybridized carbons (Fsp3) is 0.806. The molecule has 420 valence electrons. The monoisotopic (exact) mass is 1030 g/mol. The summed E-state index contributed by atoms with van der Waals surface area (Å²) in [6.45, 7) is 4.15. The van der Waals surface area contributed by atoms with Gasteiger partial charge in [-0.15, -0.1) is 0 Å². The largest absolute Gasteiger partial charge is 0.756 e. The van der Waals surface area contributed by atoms with Crippen molar-refractivity contribution < 1.29 is 42.1 Å². The van der Waals surface area contributed by atoms with Crippen LogP contribution in [0.25, 0.3) is 0 Å². The van der Waals surface area contributed by atoms with Crippen molar-refractivity contribution in [1.82, 2.24) is 0 Å². The van der Waals surface area contributed by atoms with Gasteiger partial charge in [0.05, 0.1) is 27.7 Å². The van der Waals surface area contributed by atoms with Gasteiger partial charge < -0.3 is 27.9 Å². The number of rotatable bonds is 55. The number of quaternary nitrogens is 1. The molecule has 0 rings (SSSR count). The van der Waals surface area contributed by atoms with Gasteiger partial charge in [0.15, 0.2) is 6.10 Å². The van der Waals surface area contributed by atoms with Crippen LogP contribution in [0.1, 0.15) is 271 Å². The van der Waals surface area contributed by atoms with Gasteiger partial charge in [-0.05, 0) is 77.0 Å². The third-order valence-corrected chi connectivity index (χ3v) is 14.0. The molecule has 0 aliphatic carbocycles. The molecule has 9 nitrogen and oxygen atoms in total. The van der Waals surface area contributed by atoms with Gasteiger partial charge in [-0.25, -0.2) is 0 Å². The highest BCUT2D eigenvalue weighted by atomic mass is 31.2. The average molecular weight is 1030 g/mol. The highest BCUT2D eigenvalue weighted by molar-refractivity contribution is 7.45. The number of nitrogens with zero attached hydrogens (tertiary/aromatic N) is 1. The van der Waals surface area contributed by atoms with Gasteiger partial charge in [-0.1, -0.05) is 242 Å². The van der Waals surface area contributed by atoms with Crippen LogP contribution in [0.3, 0.4) is 0 Å². The van der Waals surface area contributed by atoms with E-state index in [1.54, 1.807) is 0 Å². The minimum atomic E-state index is -4.64. The molecule has 72 heavy (non-hydrogen) atoms. The van der Waals surface area contributed by atoms with Crippen molar-refractivity contribution >= 4 is 19.8 Å². The Kier molecular flexibility index (Phi) is 51.8. The maximum absolute atomic E-state index is 12.8. The number of carbonyl (C=O) groups excluding carboxylic acids is 2. The van der Waals surface area contributed by atoms with E-state index in [1.165, 1.54) is 173 Å². The van der Waals surface area contributed by atoms with Crippen molar-refractivity contribution in [2.45, 2.75) is 277 Å². The van der Waals surface area contributed by atoms with Gasteiger partial charge >= 0.3 is 11.9 Å². The number of hydrogen-bond donors (Lipinski definition) is 0. The number of phosphoric acid groups is 1. The molecule has 0 N–H and O–H groups in total. The maximum atomic E-state index is 12.8. The quantitative estimate of drug-likeness (QED) is 0.0195. The molecule has 0 aromatic carbocycles. The van der Waals surface area contributed by atoms with Crippen LogP contribution in [-0.4, -0.2) is 70.0 Å². The Morgan fingerprint density at radius 1 is 0.444 bits per heavy atom. The van der Waals surface area contributed by atoms with E-state index < -0.39 is 26.5 Å². The van der Waals surface area contributed by atoms with E-state index in [0.29, 0.717) is 17.4 Å². The molecule has 2 atom stereocenters. The summed E-state index contributed by atoms with van der Waals surface area (Å²) >= 11 is 0. The van der Waals surface area contributed by atoms with E-state index >= 15 is 0 Å². The summed E-state index contributed by atoms with van der Waals surface area (Å²) in [6.07, 6.45) is 68.4. The molecule has 0 bridgehead atoms. The van der Waals surface area contributed by atoms with Crippen LogP contribution < -0.4 is 4.89 Å². The number of likely N-dealkylation sites (N-methyl/N-ethyl adjacent to an activating group) is 1. The lowest BCUT2D eigenvalue weighted by Gasteiger charge is -2.28. The summed E-state index contributed by atoms with van der Waals surface area (Å²) < 4.78 is 34.2. The van der Waals surface area contributed by atoms with E-state index in [0.717, 1.165) is 64.2 Å². The van der Waals surface area contributed by atoms with Gasteiger partial charge in [0.25, 0.3) is 7.82 Å². The third kappa shape index (κ3) is 57.0. The number of carbonyl (C=O) groups is 2. The Labute approximate surface area is 445 Å². The van der Waals surface area contributed by atoms with Crippen LogP contribution in [-0.2, 0) is 32.7 Å². The summed E-state index contributed by atoms with van der Waals surface area (Å²) in [5.41, 5.74) is 0. The van der Waals surface area contributed by atoms with Crippen molar-refractivity contribution in [3.63, 3.8) is 0 Å². The Morgan fingerprint density at radius 2 is 0.792 bits per heavy atom. The molecule has 0 saturated heterocycles. The lowest BCUT2D eigenvalue weighted by molar-refractivity contribution is -0.870. The van der Waals surface area contributed by atoms with E-state index in [1.807, 2.05) is 21.1 Å². The minimum absolute atomic E-state index is 0.0321. The van der Waals surface area contributed by atoms with Crippen LogP contribution in [0.5, 0.6) is 0 Å². The van der Waals surface area contributed by atoms with Gasteiger partial charge in [0, 0.05) is 12.8 Å². The zero-order chi connectivity index (χ0) is 52.7. The molecular formula is C62H114NO8P. The molecule has 0 aromatic heterocycles. The first-order valence-electron chi connectivity index (χ1n) is 30.0. The number of hydrogen-bond acceptors (Lipinski definition) is 8. The normalized spacial score (nSPS) is 13.7. The number of ether oxygens (including phenoxy) is 2. The fourth-order valence-corrected chi connectivity index (χ4v) is 9.14. The molecule has 0 fully saturated rings. The first kappa shape index (κ1) is 69.7. The van der Waals surface area contributed by atoms with Crippen molar-refractivity contribution in [1.29, 1.82) is 0 Å². The molecule has 0 aliphatic heterocycles. The van der Waals surface area contributed by atoms with Crippen LogP contribution in [0.2, 0.25) is 0 Å². The second-order valence-electron chi connectivity index (χ2n) is 21.3. The second kappa shape index (κ2) is 53.5. The van der Waals surface area contributed by atoms with Crippen LogP contribution in [0, 0.1) is 0 Å². The van der Waals surface area contributed by atoms with Crippen LogP contribution in [0.15, 0.2) is 60.8 Å². The maximum Gasteiger partial charge on any atom is 0.306 e. The highest BCUT2D eigenvalue weighted by Crippen LogP contribution is 2.38. The number of phosphoric ester groups is 1. The number of unbranched alkanes of at least 4 members (excludes halogenated alkanes) is 31. The van der Waals surface area contributed by atoms with Gasteiger partial charge in [-0.2, -0.15) is 0 Å². The fourth-order valence-electron chi connectivity index (χ4n) is 8.41. The Morgan fingerprint density at radius 3 is 1.19 bits per heavy atom. The predicted octanol–water partition coefficient (Wildman–Crippen LogP) is 18.1. The van der Waals surface area contributed by atoms with E-state index in [9.17, 15) is 19.0 Å². The van der Waals surface area contributed by atoms with Gasteiger partial charge in [0.2, 0.25) is 0 Å². The third-order valence-electron chi connectivity index (χ3n) is 13.0. The molecule has 0 aromatic rings. The predicted molar refractivity (Wildman–Crippen MR) is 305 cm³/mol. The Balaban J connectivity index is 4.14. The average Bonchev–Trinajstić information content (AvgIpc) is 3.34. The smallest absolute Gasteiger partial charge is 0.306 e. The molecule has 10 heteroatoms. The van der Waals surface area contributed by atoms with Crippen LogP contribution in [0.4, 0.5) is 0 Å². The molecule has 0 spiro atoms. The number of esters is 2. The number of allylic oxidation sites excluding steroid dienone is 10. The SMILES string of the molecule is CC/C=C\C/C=C\C/C=C\C/C=C\CCCCCCCCCCCCCCC(=O)OC(COC(=O)CCCCCCCCCCCCC/C=C\CCCCCCCCCC)COP(=O)([O-])OCC[N+](C)(C)C. The summed E-state index contributed by atoms with van der Waals surface area (Å²) in [5, 5.41) is 0. The molecule has 0 amide bonds. The summed E-state index contributed by atoms with van der Waals surface area (Å²) in [6, 6.07) is 0. The molecule has 0 heterocycles. The lowest BCUT2D eigenvalue weighted by atomic mass is 10.0. The van der Waals surface area contributed by atoms with Gasteiger partial charge in [-0.3, -0.25) is 14.2 Å². The molecule has 0 saturated carbocycles. The first-order valence-corrected chi connectivity index (χ1v) is 31.5. The Bertz CT molecular complexity index is 1400. The standard InChI is InChI=1S/C62H114NO8P/c1-6-8-10-12-14-16-18-20-22-24-26-28-30-31-33-35-37-39-41-43-45-47-49-51-53-55-62(65)71-60(59-70-72(66,67)69-57-56-63(3,4)5)58-68-61(64)54-52-50-48-46-44-42-40-38-36-34-32-29-27-25-23-21-19-17-15-13-11-9-7-2/h8,10,14,16,20,22,25-28,60H,6-7,9,11-13,15,17-19,21,23-24,29-59H2,1-5H3/b10-8-,16-14-,22-20-,27-25-,28-26-. The molecule has 0 radical (unpaired) electrons. The molecule has 2 unspecified atom stereocenters. The Hall–Kier alpha value is -2.29. The summed E-state index contributed by atoms with van der Waals surface area (Å²) in [4.78, 5) is 37.9. The second-order valence-corrected chi connectivity index (χ2v) is 22.7. The molecular weight excluding hydrogens is 918 g/mol. The van der Waals surface area contributed by atoms with Crippen molar-refractivity contribution in [2.75, 3.05) is 47.5 Å². The molecule has 0 aliphatic rings. The topological polar surface area (TPSA) is 111 Å². The van der Waals surface area contributed by atoms with Gasteiger partial charge in [0.1, 0.15) is 19.8 Å². The summed E-state index contributed by atoms with van der Waals surface area (Å²) in [7, 11) is 1.17. The first-order chi connectivity index (χ1) is 35.0. The van der Waals surface area contributed by atoms with E-state index in [2.05, 4.69) is 74.6 Å². The minimum Gasteiger partial charge on any atom is -0.756 e. The summed E-state index contributed by atoms with van der Waals surface area (Å²) in [5.74, 6) is -0.829. The lowest BCUT2D eigenvalue weighted by Crippen LogP contribution is -2.37. The zero-order valence-electron chi connectivity index (χ0n) is 47.6. The van der Waals surface area contributed by atoms with E-state index in [4.69, 9.17) is 18.5 Å². The van der Waals surface area contributed by atoms with Crippen molar-refractivity contribution in [3.05, 3.63) is 60.8 Å². The van der Waals surface area contributed by atoms with Crippen molar-refractivity contribution in [3.8, 4) is 0 Å². The van der Waals surface area contributed by atoms with Crippen molar-refractivity contribution in [2.24, 2.45) is 0 Å². The highest BCUT2D eigenvalue weighted by Gasteiger charge is 2.22.